The molecule has 1 nitrogen and oxygen atoms in total. The minimum atomic E-state index is -1.58. The SMILES string of the molecule is C=C1CCc2ccccc2C1O[Si](CC)(CC)CC. The molecule has 0 saturated heterocycles. The van der Waals surface area contributed by atoms with E-state index in [2.05, 4.69) is 51.6 Å². The Morgan fingerprint density at radius 3 is 2.37 bits per heavy atom. The Labute approximate surface area is 118 Å². The Kier molecular flexibility index (Phi) is 4.64. The molecule has 0 radical (unpaired) electrons. The van der Waals surface area contributed by atoms with Gasteiger partial charge in [0.1, 0.15) is 0 Å². The zero-order chi connectivity index (χ0) is 13.9. The fourth-order valence-corrected chi connectivity index (χ4v) is 5.85. The Bertz CT molecular complexity index is 440. The molecule has 0 aromatic heterocycles. The molecule has 0 spiro atoms. The van der Waals surface area contributed by atoms with E-state index in [4.69, 9.17) is 4.43 Å². The smallest absolute Gasteiger partial charge is 0.193 e. The van der Waals surface area contributed by atoms with Crippen molar-refractivity contribution in [1.82, 2.24) is 0 Å². The average molecular weight is 274 g/mol. The van der Waals surface area contributed by atoms with E-state index in [1.54, 1.807) is 0 Å². The van der Waals surface area contributed by atoms with E-state index in [0.717, 1.165) is 12.8 Å². The second kappa shape index (κ2) is 6.06. The van der Waals surface area contributed by atoms with Gasteiger partial charge >= 0.3 is 0 Å². The van der Waals surface area contributed by atoms with Gasteiger partial charge in [0.15, 0.2) is 8.32 Å². The van der Waals surface area contributed by atoms with Crippen LogP contribution in [0.1, 0.15) is 44.4 Å². The maximum atomic E-state index is 6.70. The summed E-state index contributed by atoms with van der Waals surface area (Å²) in [4.78, 5) is 0. The predicted molar refractivity (Wildman–Crippen MR) is 84.9 cm³/mol. The highest BCUT2D eigenvalue weighted by Gasteiger charge is 2.35. The molecule has 0 bridgehead atoms. The molecule has 0 amide bonds. The first-order valence-electron chi connectivity index (χ1n) is 7.59. The number of hydrogen-bond donors (Lipinski definition) is 0. The van der Waals surface area contributed by atoms with Gasteiger partial charge < -0.3 is 4.43 Å². The predicted octanol–water partition coefficient (Wildman–Crippen LogP) is 5.25. The van der Waals surface area contributed by atoms with E-state index in [9.17, 15) is 0 Å². The van der Waals surface area contributed by atoms with Gasteiger partial charge in [-0.2, -0.15) is 0 Å². The van der Waals surface area contributed by atoms with Crippen LogP contribution in [0.4, 0.5) is 0 Å². The van der Waals surface area contributed by atoms with Crippen LogP contribution in [0.2, 0.25) is 18.1 Å². The lowest BCUT2D eigenvalue weighted by Gasteiger charge is -2.37. The minimum Gasteiger partial charge on any atom is -0.406 e. The zero-order valence-electron chi connectivity index (χ0n) is 12.5. The summed E-state index contributed by atoms with van der Waals surface area (Å²) < 4.78 is 6.70. The molecule has 0 heterocycles. The maximum Gasteiger partial charge on any atom is 0.193 e. The zero-order valence-corrected chi connectivity index (χ0v) is 13.5. The van der Waals surface area contributed by atoms with Gasteiger partial charge in [-0.25, -0.2) is 0 Å². The van der Waals surface area contributed by atoms with E-state index in [1.807, 2.05) is 0 Å². The lowest BCUT2D eigenvalue weighted by atomic mass is 9.87. The number of benzene rings is 1. The Morgan fingerprint density at radius 1 is 1.11 bits per heavy atom. The van der Waals surface area contributed by atoms with Crippen molar-refractivity contribution >= 4 is 8.32 Å². The molecule has 1 aliphatic carbocycles. The van der Waals surface area contributed by atoms with Crippen LogP contribution in [-0.2, 0) is 10.8 Å². The first-order chi connectivity index (χ1) is 9.15. The number of aryl methyl sites for hydroxylation is 1. The highest BCUT2D eigenvalue weighted by Crippen LogP contribution is 2.39. The molecule has 1 aliphatic rings. The van der Waals surface area contributed by atoms with Gasteiger partial charge in [-0.1, -0.05) is 51.6 Å². The van der Waals surface area contributed by atoms with Crippen LogP contribution in [0.15, 0.2) is 36.4 Å². The Hall–Kier alpha value is -0.863. The van der Waals surface area contributed by atoms with Crippen LogP contribution >= 0.6 is 0 Å². The molecule has 1 aromatic rings. The maximum absolute atomic E-state index is 6.70. The Morgan fingerprint density at radius 2 is 1.74 bits per heavy atom. The molecule has 0 saturated carbocycles. The van der Waals surface area contributed by atoms with Crippen LogP contribution in [0.5, 0.6) is 0 Å². The molecule has 0 fully saturated rings. The highest BCUT2D eigenvalue weighted by molar-refractivity contribution is 6.73. The van der Waals surface area contributed by atoms with Crippen molar-refractivity contribution in [3.63, 3.8) is 0 Å². The topological polar surface area (TPSA) is 9.23 Å². The Balaban J connectivity index is 2.31. The summed E-state index contributed by atoms with van der Waals surface area (Å²) in [5, 5.41) is 0. The second-order valence-corrected chi connectivity index (χ2v) is 10.3. The van der Waals surface area contributed by atoms with E-state index < -0.39 is 8.32 Å². The summed E-state index contributed by atoms with van der Waals surface area (Å²) in [6, 6.07) is 12.3. The number of hydrogen-bond acceptors (Lipinski definition) is 1. The van der Waals surface area contributed by atoms with Crippen molar-refractivity contribution in [2.75, 3.05) is 0 Å². The molecule has 104 valence electrons. The minimum absolute atomic E-state index is 0.150. The molecular weight excluding hydrogens is 248 g/mol. The lowest BCUT2D eigenvalue weighted by molar-refractivity contribution is 0.215. The summed E-state index contributed by atoms with van der Waals surface area (Å²) in [6.45, 7) is 11.1. The van der Waals surface area contributed by atoms with Gasteiger partial charge in [0.2, 0.25) is 0 Å². The third-order valence-corrected chi connectivity index (χ3v) is 9.33. The van der Waals surface area contributed by atoms with Gasteiger partial charge in [0.25, 0.3) is 0 Å². The molecule has 1 unspecified atom stereocenters. The van der Waals surface area contributed by atoms with Crippen molar-refractivity contribution in [3.8, 4) is 0 Å². The molecule has 1 aromatic carbocycles. The van der Waals surface area contributed by atoms with Crippen molar-refractivity contribution in [1.29, 1.82) is 0 Å². The van der Waals surface area contributed by atoms with Crippen LogP contribution in [0, 0.1) is 0 Å². The summed E-state index contributed by atoms with van der Waals surface area (Å²) in [7, 11) is -1.58. The fraction of sp³-hybridized carbons (Fsp3) is 0.529. The van der Waals surface area contributed by atoms with Gasteiger partial charge in [-0.15, -0.1) is 0 Å². The van der Waals surface area contributed by atoms with E-state index >= 15 is 0 Å². The van der Waals surface area contributed by atoms with Crippen molar-refractivity contribution in [2.45, 2.75) is 57.8 Å². The van der Waals surface area contributed by atoms with Crippen molar-refractivity contribution in [3.05, 3.63) is 47.5 Å². The lowest BCUT2D eigenvalue weighted by Crippen LogP contribution is -2.38. The average Bonchev–Trinajstić information content (AvgIpc) is 2.47. The van der Waals surface area contributed by atoms with Gasteiger partial charge in [0.05, 0.1) is 6.10 Å². The van der Waals surface area contributed by atoms with Gasteiger partial charge in [-0.05, 0) is 47.7 Å². The first-order valence-corrected chi connectivity index (χ1v) is 10.1. The van der Waals surface area contributed by atoms with Crippen molar-refractivity contribution < 1.29 is 4.43 Å². The third-order valence-electron chi connectivity index (χ3n) is 4.72. The monoisotopic (exact) mass is 274 g/mol. The molecule has 2 heteroatoms. The van der Waals surface area contributed by atoms with E-state index in [-0.39, 0.29) is 6.10 Å². The quantitative estimate of drug-likeness (QED) is 0.526. The van der Waals surface area contributed by atoms with E-state index in [0.29, 0.717) is 0 Å². The van der Waals surface area contributed by atoms with Gasteiger partial charge in [0, 0.05) is 0 Å². The number of rotatable bonds is 5. The van der Waals surface area contributed by atoms with Crippen LogP contribution < -0.4 is 0 Å². The molecule has 1 atom stereocenters. The van der Waals surface area contributed by atoms with Crippen LogP contribution in [0.25, 0.3) is 0 Å². The fourth-order valence-electron chi connectivity index (χ4n) is 3.06. The molecule has 2 rings (SSSR count). The van der Waals surface area contributed by atoms with Crippen LogP contribution in [-0.4, -0.2) is 8.32 Å². The normalized spacial score (nSPS) is 19.3. The summed E-state index contributed by atoms with van der Waals surface area (Å²) >= 11 is 0. The van der Waals surface area contributed by atoms with Gasteiger partial charge in [-0.3, -0.25) is 0 Å². The standard InChI is InChI=1S/C17H26OSi/c1-5-19(6-2,7-3)18-17-14(4)12-13-15-10-8-9-11-16(15)17/h8-11,17H,4-7,12-13H2,1-3H3. The van der Waals surface area contributed by atoms with Crippen molar-refractivity contribution in [2.24, 2.45) is 0 Å². The molecule has 19 heavy (non-hydrogen) atoms. The molecule has 0 N–H and O–H groups in total. The summed E-state index contributed by atoms with van der Waals surface area (Å²) in [5.74, 6) is 0. The largest absolute Gasteiger partial charge is 0.406 e. The van der Waals surface area contributed by atoms with E-state index in [1.165, 1.54) is 34.8 Å². The molecule has 0 aliphatic heterocycles. The highest BCUT2D eigenvalue weighted by atomic mass is 28.4. The first kappa shape index (κ1) is 14.5. The molecular formula is C17H26OSi. The second-order valence-electron chi connectivity index (χ2n) is 5.60. The number of fused-ring (bicyclic) bond motifs is 1. The van der Waals surface area contributed by atoms with Crippen LogP contribution in [0.3, 0.4) is 0 Å². The third kappa shape index (κ3) is 2.85. The summed E-state index contributed by atoms with van der Waals surface area (Å²) in [6.07, 6.45) is 2.34. The summed E-state index contributed by atoms with van der Waals surface area (Å²) in [5.41, 5.74) is 4.09.